The number of nitrogens with one attached hydrogen (secondary N) is 1. The van der Waals surface area contributed by atoms with Crippen molar-refractivity contribution in [1.29, 1.82) is 0 Å². The van der Waals surface area contributed by atoms with Crippen LogP contribution in [-0.4, -0.2) is 122 Å². The molecule has 3 rings (SSSR count). The monoisotopic (exact) mass is 509 g/mol. The van der Waals surface area contributed by atoms with Crippen molar-refractivity contribution in [2.45, 2.75) is 108 Å². The second kappa shape index (κ2) is 11.2. The molecule has 0 bridgehead atoms. The highest BCUT2D eigenvalue weighted by Gasteiger charge is 2.56. The van der Waals surface area contributed by atoms with Crippen LogP contribution >= 0.6 is 0 Å². The molecule has 13 nitrogen and oxygen atoms in total. The molecule has 0 unspecified atom stereocenters. The number of hydrogen-bond acceptors (Lipinski definition) is 12. The fraction of sp³-hybridized carbons (Fsp3) is 0.955. The van der Waals surface area contributed by atoms with Crippen molar-refractivity contribution >= 4 is 5.91 Å². The van der Waals surface area contributed by atoms with Crippen LogP contribution in [0.15, 0.2) is 0 Å². The van der Waals surface area contributed by atoms with Gasteiger partial charge < -0.3 is 58.5 Å². The second-order valence-electron chi connectivity index (χ2n) is 9.81. The first-order valence-corrected chi connectivity index (χ1v) is 11.6. The van der Waals surface area contributed by atoms with Crippen molar-refractivity contribution in [3.63, 3.8) is 0 Å². The van der Waals surface area contributed by atoms with Crippen LogP contribution in [0.2, 0.25) is 0 Å². The number of rotatable bonds is 9. The van der Waals surface area contributed by atoms with E-state index in [1.165, 1.54) is 21.1 Å². The molecule has 1 amide bonds. The first-order valence-electron chi connectivity index (χ1n) is 11.6. The molecule has 0 aromatic heterocycles. The van der Waals surface area contributed by atoms with E-state index in [0.717, 1.165) is 0 Å². The van der Waals surface area contributed by atoms with E-state index in [0.29, 0.717) is 0 Å². The summed E-state index contributed by atoms with van der Waals surface area (Å²) in [7, 11) is 2.93. The van der Waals surface area contributed by atoms with E-state index in [1.807, 2.05) is 0 Å². The van der Waals surface area contributed by atoms with Gasteiger partial charge >= 0.3 is 0 Å². The highest BCUT2D eigenvalue weighted by molar-refractivity contribution is 5.73. The summed E-state index contributed by atoms with van der Waals surface area (Å²) in [6, 6.07) is -1.16. The molecular weight excluding hydrogens is 470 g/mol. The lowest BCUT2D eigenvalue weighted by molar-refractivity contribution is -0.304. The number of aliphatic hydroxyl groups is 3. The van der Waals surface area contributed by atoms with E-state index in [9.17, 15) is 20.1 Å². The standard InChI is InChI=1S/C22H39NO12/c1-10(25)23-13-15(27)14(26)11(8-24)31-19(13)32-16(12-9-30-21(2,3)33-12)17-18(20(28-6)29-7)35-22(4,5)34-17/h11-20,24,26-27H,8-9H2,1-7H3,(H,23,25)/t11-,12-,13+,14-,15-,16-,17+,18-,19+/m1/s1. The number of hydrogen-bond donors (Lipinski definition) is 4. The van der Waals surface area contributed by atoms with Gasteiger partial charge in [0.2, 0.25) is 5.91 Å². The van der Waals surface area contributed by atoms with E-state index >= 15 is 0 Å². The average Bonchev–Trinajstić information content (AvgIpc) is 3.29. The van der Waals surface area contributed by atoms with Crippen LogP contribution in [0.4, 0.5) is 0 Å². The fourth-order valence-electron chi connectivity index (χ4n) is 4.64. The normalized spacial score (nSPS) is 39.6. The summed E-state index contributed by atoms with van der Waals surface area (Å²) in [4.78, 5) is 11.9. The van der Waals surface area contributed by atoms with E-state index < -0.39 is 85.4 Å². The van der Waals surface area contributed by atoms with Gasteiger partial charge in [0.05, 0.1) is 13.2 Å². The molecule has 0 aromatic rings. The molecule has 3 aliphatic heterocycles. The van der Waals surface area contributed by atoms with Crippen LogP contribution in [0.25, 0.3) is 0 Å². The first kappa shape index (κ1) is 28.6. The Morgan fingerprint density at radius 2 is 1.66 bits per heavy atom. The summed E-state index contributed by atoms with van der Waals surface area (Å²) in [5, 5.41) is 33.3. The summed E-state index contributed by atoms with van der Waals surface area (Å²) in [6.45, 7) is 7.79. The number of carbonyl (C=O) groups is 1. The second-order valence-corrected chi connectivity index (χ2v) is 9.81. The maximum absolute atomic E-state index is 11.9. The number of aliphatic hydroxyl groups excluding tert-OH is 3. The number of amides is 1. The van der Waals surface area contributed by atoms with Crippen LogP contribution in [0, 0.1) is 0 Å². The summed E-state index contributed by atoms with van der Waals surface area (Å²) >= 11 is 0. The molecule has 0 spiro atoms. The molecule has 204 valence electrons. The van der Waals surface area contributed by atoms with Crippen LogP contribution in [-0.2, 0) is 42.7 Å². The summed E-state index contributed by atoms with van der Waals surface area (Å²) < 4.78 is 47.1. The first-order chi connectivity index (χ1) is 16.3. The highest BCUT2D eigenvalue weighted by Crippen LogP contribution is 2.38. The smallest absolute Gasteiger partial charge is 0.217 e. The van der Waals surface area contributed by atoms with Crippen LogP contribution in [0.1, 0.15) is 34.6 Å². The fourth-order valence-corrected chi connectivity index (χ4v) is 4.64. The lowest BCUT2D eigenvalue weighted by Gasteiger charge is -2.44. The maximum atomic E-state index is 11.9. The zero-order valence-corrected chi connectivity index (χ0v) is 21.2. The van der Waals surface area contributed by atoms with E-state index in [2.05, 4.69) is 5.32 Å². The Balaban J connectivity index is 1.96. The van der Waals surface area contributed by atoms with Gasteiger partial charge in [-0.3, -0.25) is 4.79 Å². The van der Waals surface area contributed by atoms with Gasteiger partial charge in [-0.1, -0.05) is 0 Å². The predicted molar refractivity (Wildman–Crippen MR) is 117 cm³/mol. The number of carbonyl (C=O) groups excluding carboxylic acids is 1. The van der Waals surface area contributed by atoms with Crippen LogP contribution < -0.4 is 5.32 Å². The van der Waals surface area contributed by atoms with E-state index in [-0.39, 0.29) is 6.61 Å². The minimum atomic E-state index is -1.48. The third kappa shape index (κ3) is 6.48. The highest BCUT2D eigenvalue weighted by atomic mass is 16.8. The largest absolute Gasteiger partial charge is 0.394 e. The van der Waals surface area contributed by atoms with E-state index in [4.69, 9.17) is 37.9 Å². The molecule has 0 saturated carbocycles. The third-order valence-electron chi connectivity index (χ3n) is 6.16. The van der Waals surface area contributed by atoms with Gasteiger partial charge in [-0.2, -0.15) is 0 Å². The van der Waals surface area contributed by atoms with E-state index in [1.54, 1.807) is 27.7 Å². The molecular formula is C22H39NO12. The maximum Gasteiger partial charge on any atom is 0.217 e. The van der Waals surface area contributed by atoms with Crippen molar-refractivity contribution in [3.8, 4) is 0 Å². The molecule has 3 aliphatic rings. The Morgan fingerprint density at radius 1 is 1.03 bits per heavy atom. The molecule has 4 N–H and O–H groups in total. The third-order valence-corrected chi connectivity index (χ3v) is 6.16. The van der Waals surface area contributed by atoms with Gasteiger partial charge in [-0.05, 0) is 27.7 Å². The molecule has 0 aliphatic carbocycles. The topological polar surface area (TPSA) is 164 Å². The summed E-state index contributed by atoms with van der Waals surface area (Å²) in [5.74, 6) is -2.42. The van der Waals surface area contributed by atoms with Crippen molar-refractivity contribution in [3.05, 3.63) is 0 Å². The molecule has 0 aromatic carbocycles. The minimum Gasteiger partial charge on any atom is -0.394 e. The van der Waals surface area contributed by atoms with Gasteiger partial charge in [0.1, 0.15) is 48.8 Å². The summed E-state index contributed by atoms with van der Waals surface area (Å²) in [6.07, 6.45) is -9.39. The van der Waals surface area contributed by atoms with Crippen molar-refractivity contribution < 1.29 is 58.0 Å². The average molecular weight is 510 g/mol. The zero-order chi connectivity index (χ0) is 26.1. The van der Waals surface area contributed by atoms with Crippen molar-refractivity contribution in [2.24, 2.45) is 0 Å². The Morgan fingerprint density at radius 3 is 2.17 bits per heavy atom. The van der Waals surface area contributed by atoms with Gasteiger partial charge in [0, 0.05) is 21.1 Å². The molecule has 9 atom stereocenters. The van der Waals surface area contributed by atoms with Crippen LogP contribution in [0.5, 0.6) is 0 Å². The minimum absolute atomic E-state index is 0.140. The quantitative estimate of drug-likeness (QED) is 0.269. The Labute approximate surface area is 204 Å². The molecule has 3 heterocycles. The van der Waals surface area contributed by atoms with Crippen molar-refractivity contribution in [2.75, 3.05) is 27.4 Å². The molecule has 13 heteroatoms. The molecule has 3 saturated heterocycles. The zero-order valence-electron chi connectivity index (χ0n) is 21.2. The Kier molecular flexibility index (Phi) is 9.14. The predicted octanol–water partition coefficient (Wildman–Crippen LogP) is -1.39. The van der Waals surface area contributed by atoms with Crippen molar-refractivity contribution in [1.82, 2.24) is 5.32 Å². The Hall–Kier alpha value is -0.970. The lowest BCUT2D eigenvalue weighted by Crippen LogP contribution is -2.66. The van der Waals surface area contributed by atoms with Gasteiger partial charge in [0.25, 0.3) is 0 Å². The number of ether oxygens (including phenoxy) is 8. The lowest BCUT2D eigenvalue weighted by atomic mass is 9.96. The molecule has 3 fully saturated rings. The van der Waals surface area contributed by atoms with Gasteiger partial charge in [0.15, 0.2) is 24.2 Å². The van der Waals surface area contributed by atoms with Gasteiger partial charge in [-0.25, -0.2) is 0 Å². The SMILES string of the molecule is COC(OC)[C@@H]1OC(C)(C)O[C@H]1[C@H](O[C@@H]1O[C@H](CO)[C@@H](O)[C@H](O)[C@@H]1NC(C)=O)[C@H]1COC(C)(C)O1. The summed E-state index contributed by atoms with van der Waals surface area (Å²) in [5.41, 5.74) is 0. The number of methoxy groups -OCH3 is 2. The van der Waals surface area contributed by atoms with Crippen LogP contribution in [0.3, 0.4) is 0 Å². The molecule has 35 heavy (non-hydrogen) atoms. The van der Waals surface area contributed by atoms with Gasteiger partial charge in [-0.15, -0.1) is 0 Å². The Bertz CT molecular complexity index is 717. The molecule has 0 radical (unpaired) electrons.